The van der Waals surface area contributed by atoms with E-state index >= 15 is 0 Å². The highest BCUT2D eigenvalue weighted by Crippen LogP contribution is 2.42. The predicted molar refractivity (Wildman–Crippen MR) is 94.3 cm³/mol. The van der Waals surface area contributed by atoms with Gasteiger partial charge < -0.3 is 5.11 Å². The monoisotopic (exact) mass is 403 g/mol. The minimum absolute atomic E-state index is 0.136. The SMILES string of the molecule is Cn1cc(C2/C(=C(\O)c3ccc(F)c(F)c3)C(=O)C(=O)N2c2nncs2)cn1. The molecule has 0 radical (unpaired) electrons. The highest BCUT2D eigenvalue weighted by Gasteiger charge is 2.48. The summed E-state index contributed by atoms with van der Waals surface area (Å²) < 4.78 is 28.3. The number of carbonyl (C=O) groups excluding carboxylic acids is 2. The van der Waals surface area contributed by atoms with Gasteiger partial charge in [-0.2, -0.15) is 5.10 Å². The van der Waals surface area contributed by atoms with Gasteiger partial charge in [-0.3, -0.25) is 19.2 Å². The van der Waals surface area contributed by atoms with Crippen molar-refractivity contribution in [3.8, 4) is 0 Å². The molecule has 1 aliphatic heterocycles. The number of aliphatic hydroxyl groups is 1. The average Bonchev–Trinajstić information content (AvgIpc) is 3.38. The molecule has 1 N–H and O–H groups in total. The Morgan fingerprint density at radius 3 is 2.64 bits per heavy atom. The molecular weight excluding hydrogens is 392 g/mol. The Balaban J connectivity index is 1.94. The second-order valence-corrected chi connectivity index (χ2v) is 6.78. The summed E-state index contributed by atoms with van der Waals surface area (Å²) in [6, 6.07) is 1.65. The topological polar surface area (TPSA) is 101 Å². The molecule has 1 aliphatic rings. The van der Waals surface area contributed by atoms with E-state index in [1.165, 1.54) is 16.4 Å². The molecule has 0 aliphatic carbocycles. The predicted octanol–water partition coefficient (Wildman–Crippen LogP) is 2.18. The minimum Gasteiger partial charge on any atom is -0.507 e. The van der Waals surface area contributed by atoms with Gasteiger partial charge in [0.1, 0.15) is 17.3 Å². The maximum absolute atomic E-state index is 13.6. The Kier molecular flexibility index (Phi) is 4.23. The van der Waals surface area contributed by atoms with Gasteiger partial charge in [0.25, 0.3) is 5.78 Å². The first-order valence-corrected chi connectivity index (χ1v) is 8.77. The van der Waals surface area contributed by atoms with Crippen LogP contribution in [0.2, 0.25) is 0 Å². The van der Waals surface area contributed by atoms with Gasteiger partial charge >= 0.3 is 5.91 Å². The molecule has 0 spiro atoms. The molecule has 11 heteroatoms. The van der Waals surface area contributed by atoms with Crippen LogP contribution in [-0.4, -0.2) is 36.8 Å². The number of carbonyl (C=O) groups is 2. The lowest BCUT2D eigenvalue weighted by atomic mass is 9.97. The zero-order valence-corrected chi connectivity index (χ0v) is 15.0. The van der Waals surface area contributed by atoms with Crippen molar-refractivity contribution in [2.45, 2.75) is 6.04 Å². The highest BCUT2D eigenvalue weighted by atomic mass is 32.1. The second-order valence-electron chi connectivity index (χ2n) is 5.97. The molecule has 1 aromatic carbocycles. The molecule has 8 nitrogen and oxygen atoms in total. The van der Waals surface area contributed by atoms with Gasteiger partial charge in [-0.1, -0.05) is 11.3 Å². The van der Waals surface area contributed by atoms with E-state index in [2.05, 4.69) is 15.3 Å². The van der Waals surface area contributed by atoms with E-state index in [0.29, 0.717) is 5.56 Å². The first-order chi connectivity index (χ1) is 13.4. The van der Waals surface area contributed by atoms with Crippen molar-refractivity contribution in [3.63, 3.8) is 0 Å². The van der Waals surface area contributed by atoms with Crippen LogP contribution in [0.15, 0.2) is 41.7 Å². The largest absolute Gasteiger partial charge is 0.507 e. The number of nitrogens with zero attached hydrogens (tertiary/aromatic N) is 5. The molecule has 1 amide bonds. The van der Waals surface area contributed by atoms with Crippen LogP contribution in [0.4, 0.5) is 13.9 Å². The number of aryl methyl sites for hydroxylation is 1. The minimum atomic E-state index is -1.19. The summed E-state index contributed by atoms with van der Waals surface area (Å²) in [5, 5.41) is 22.4. The molecule has 142 valence electrons. The second kappa shape index (κ2) is 6.60. The lowest BCUT2D eigenvalue weighted by molar-refractivity contribution is -0.132. The van der Waals surface area contributed by atoms with E-state index in [1.807, 2.05) is 0 Å². The summed E-state index contributed by atoms with van der Waals surface area (Å²) >= 11 is 1.03. The molecule has 3 aromatic rings. The number of aliphatic hydroxyl groups excluding tert-OH is 1. The van der Waals surface area contributed by atoms with Crippen LogP contribution in [0.25, 0.3) is 5.76 Å². The molecule has 1 saturated heterocycles. The Bertz CT molecular complexity index is 1130. The van der Waals surface area contributed by atoms with Gasteiger partial charge in [-0.15, -0.1) is 10.2 Å². The number of amides is 1. The summed E-state index contributed by atoms with van der Waals surface area (Å²) in [5.74, 6) is -4.82. The van der Waals surface area contributed by atoms with E-state index in [9.17, 15) is 23.5 Å². The molecule has 28 heavy (non-hydrogen) atoms. The lowest BCUT2D eigenvalue weighted by Crippen LogP contribution is -2.29. The highest BCUT2D eigenvalue weighted by molar-refractivity contribution is 7.13. The molecule has 4 rings (SSSR count). The first kappa shape index (κ1) is 17.9. The van der Waals surface area contributed by atoms with Crippen LogP contribution in [0.3, 0.4) is 0 Å². The van der Waals surface area contributed by atoms with Crippen LogP contribution in [0.1, 0.15) is 17.2 Å². The van der Waals surface area contributed by atoms with Crippen LogP contribution < -0.4 is 4.90 Å². The van der Waals surface area contributed by atoms with Crippen molar-refractivity contribution in [3.05, 3.63) is 64.4 Å². The molecule has 0 bridgehead atoms. The molecular formula is C17H11F2N5O3S. The Hall–Kier alpha value is -3.47. The number of hydrogen-bond donors (Lipinski definition) is 1. The van der Waals surface area contributed by atoms with Crippen molar-refractivity contribution >= 4 is 33.9 Å². The van der Waals surface area contributed by atoms with Gasteiger partial charge in [0, 0.05) is 24.4 Å². The summed E-state index contributed by atoms with van der Waals surface area (Å²) in [5.41, 5.74) is 1.41. The average molecular weight is 403 g/mol. The number of hydrogen-bond acceptors (Lipinski definition) is 7. The van der Waals surface area contributed by atoms with Crippen LogP contribution in [0.5, 0.6) is 0 Å². The van der Waals surface area contributed by atoms with Gasteiger partial charge in [-0.05, 0) is 18.2 Å². The summed E-state index contributed by atoms with van der Waals surface area (Å²) in [7, 11) is 1.65. The van der Waals surface area contributed by atoms with Gasteiger partial charge in [-0.25, -0.2) is 8.78 Å². The third-order valence-electron chi connectivity index (χ3n) is 4.23. The number of rotatable bonds is 3. The standard InChI is InChI=1S/C17H11F2N5O3S/c1-23-6-9(5-21-23)13-12(14(25)8-2-3-10(18)11(19)4-8)15(26)16(27)24(13)17-22-20-7-28-17/h2-7,13,25H,1H3/b14-12+. The van der Waals surface area contributed by atoms with Crippen molar-refractivity contribution in [1.29, 1.82) is 0 Å². The number of benzene rings is 1. The maximum atomic E-state index is 13.6. The lowest BCUT2D eigenvalue weighted by Gasteiger charge is -2.20. The summed E-state index contributed by atoms with van der Waals surface area (Å²) in [4.78, 5) is 26.5. The van der Waals surface area contributed by atoms with E-state index in [0.717, 1.165) is 34.4 Å². The Labute approximate surface area is 160 Å². The normalized spacial score (nSPS) is 18.8. The number of aromatic nitrogens is 4. The van der Waals surface area contributed by atoms with E-state index in [1.54, 1.807) is 13.2 Å². The molecule has 1 atom stereocenters. The third kappa shape index (κ3) is 2.76. The van der Waals surface area contributed by atoms with Crippen molar-refractivity contribution in [2.24, 2.45) is 7.05 Å². The van der Waals surface area contributed by atoms with Crippen LogP contribution >= 0.6 is 11.3 Å². The quantitative estimate of drug-likeness (QED) is 0.409. The zero-order valence-electron chi connectivity index (χ0n) is 14.2. The van der Waals surface area contributed by atoms with Gasteiger partial charge in [0.15, 0.2) is 11.6 Å². The molecule has 0 saturated carbocycles. The van der Waals surface area contributed by atoms with Gasteiger partial charge in [0.2, 0.25) is 5.13 Å². The maximum Gasteiger partial charge on any atom is 0.301 e. The third-order valence-corrected chi connectivity index (χ3v) is 4.92. The first-order valence-electron chi connectivity index (χ1n) is 7.89. The molecule has 3 heterocycles. The van der Waals surface area contributed by atoms with Crippen LogP contribution in [0, 0.1) is 11.6 Å². The molecule has 1 unspecified atom stereocenters. The number of anilines is 1. The van der Waals surface area contributed by atoms with E-state index in [4.69, 9.17) is 0 Å². The van der Waals surface area contributed by atoms with E-state index in [-0.39, 0.29) is 16.3 Å². The van der Waals surface area contributed by atoms with Crippen molar-refractivity contribution in [1.82, 2.24) is 20.0 Å². The Morgan fingerprint density at radius 1 is 1.25 bits per heavy atom. The molecule has 1 fully saturated rings. The van der Waals surface area contributed by atoms with Crippen molar-refractivity contribution < 1.29 is 23.5 Å². The Morgan fingerprint density at radius 2 is 2.04 bits per heavy atom. The van der Waals surface area contributed by atoms with Gasteiger partial charge in [0.05, 0.1) is 11.8 Å². The zero-order chi connectivity index (χ0) is 20.0. The summed E-state index contributed by atoms with van der Waals surface area (Å²) in [6.07, 6.45) is 3.01. The fourth-order valence-corrected chi connectivity index (χ4v) is 3.58. The fraction of sp³-hybridized carbons (Fsp3) is 0.118. The number of halogens is 2. The van der Waals surface area contributed by atoms with Crippen LogP contribution in [-0.2, 0) is 16.6 Å². The summed E-state index contributed by atoms with van der Waals surface area (Å²) in [6.45, 7) is 0. The smallest absolute Gasteiger partial charge is 0.301 e. The molecule has 2 aromatic heterocycles. The number of ketones is 1. The van der Waals surface area contributed by atoms with E-state index < -0.39 is 35.1 Å². The number of Topliss-reactive ketones (excluding diaryl/α,β-unsaturated/α-hetero) is 1. The fourth-order valence-electron chi connectivity index (χ4n) is 3.00. The van der Waals surface area contributed by atoms with Crippen molar-refractivity contribution in [2.75, 3.05) is 4.90 Å².